The Morgan fingerprint density at radius 1 is 1.00 bits per heavy atom. The van der Waals surface area contributed by atoms with Crippen molar-refractivity contribution in [3.8, 4) is 0 Å². The molecule has 2 heterocycles. The summed E-state index contributed by atoms with van der Waals surface area (Å²) in [6.45, 7) is 7.97. The summed E-state index contributed by atoms with van der Waals surface area (Å²) >= 11 is 3.52. The third-order valence-corrected chi connectivity index (χ3v) is 8.09. The van der Waals surface area contributed by atoms with Crippen molar-refractivity contribution in [3.63, 3.8) is 0 Å². The number of amides is 2. The molecule has 0 saturated heterocycles. The van der Waals surface area contributed by atoms with Crippen molar-refractivity contribution in [1.82, 2.24) is 4.57 Å². The van der Waals surface area contributed by atoms with Crippen LogP contribution < -0.4 is 10.1 Å². The van der Waals surface area contributed by atoms with Gasteiger partial charge in [0.25, 0.3) is 5.91 Å². The average molecular weight is 550 g/mol. The molecule has 0 saturated carbocycles. The molecule has 12 heteroatoms. The number of nitrogens with zero attached hydrogens (tertiary/aromatic N) is 2. The molecular weight excluding hydrogens is 522 g/mol. The molecule has 3 aromatic rings. The van der Waals surface area contributed by atoms with Crippen molar-refractivity contribution < 1.29 is 28.7 Å². The van der Waals surface area contributed by atoms with Crippen LogP contribution >= 0.6 is 34.4 Å². The summed E-state index contributed by atoms with van der Waals surface area (Å²) in [5, 5.41) is 2.89. The SMILES string of the molecule is CCOC(=O)c1sc(NC(=O)CSCC(=O)N=c2sc3ccccc3n2CC)c(C(=O)OCC)c1C. The number of carbonyl (C=O) groups is 4. The number of thiophene rings is 1. The Balaban J connectivity index is 1.67. The Morgan fingerprint density at radius 2 is 1.69 bits per heavy atom. The number of benzene rings is 1. The van der Waals surface area contributed by atoms with Gasteiger partial charge < -0.3 is 19.4 Å². The molecule has 0 aliphatic heterocycles. The zero-order valence-corrected chi connectivity index (χ0v) is 22.9. The van der Waals surface area contributed by atoms with Crippen molar-refractivity contribution in [2.24, 2.45) is 4.99 Å². The van der Waals surface area contributed by atoms with E-state index in [9.17, 15) is 19.2 Å². The summed E-state index contributed by atoms with van der Waals surface area (Å²) in [6, 6.07) is 7.86. The maximum Gasteiger partial charge on any atom is 0.348 e. The van der Waals surface area contributed by atoms with Gasteiger partial charge in [0, 0.05) is 6.54 Å². The maximum atomic E-state index is 12.6. The molecule has 0 fully saturated rings. The molecule has 0 unspecified atom stereocenters. The molecule has 2 amide bonds. The molecule has 0 bridgehead atoms. The molecule has 1 aromatic carbocycles. The van der Waals surface area contributed by atoms with E-state index in [1.54, 1.807) is 20.8 Å². The first-order valence-corrected chi connectivity index (χ1v) is 14.1. The van der Waals surface area contributed by atoms with E-state index in [4.69, 9.17) is 9.47 Å². The molecule has 9 nitrogen and oxygen atoms in total. The van der Waals surface area contributed by atoms with E-state index >= 15 is 0 Å². The number of thiazole rings is 1. The number of ether oxygens (including phenoxy) is 2. The summed E-state index contributed by atoms with van der Waals surface area (Å²) in [4.78, 5) is 54.9. The second-order valence-corrected chi connectivity index (χ2v) is 10.4. The van der Waals surface area contributed by atoms with Crippen LogP contribution in [0.15, 0.2) is 29.3 Å². The van der Waals surface area contributed by atoms with E-state index < -0.39 is 17.8 Å². The fourth-order valence-electron chi connectivity index (χ4n) is 3.39. The smallest absolute Gasteiger partial charge is 0.348 e. The Labute approximate surface area is 220 Å². The third-order valence-electron chi connectivity index (χ3n) is 4.92. The van der Waals surface area contributed by atoms with Crippen LogP contribution in [0.4, 0.5) is 5.00 Å². The second-order valence-electron chi connectivity index (χ2n) is 7.34. The van der Waals surface area contributed by atoms with Crippen molar-refractivity contribution in [2.75, 3.05) is 30.0 Å². The number of anilines is 1. The van der Waals surface area contributed by atoms with E-state index in [1.807, 2.05) is 35.8 Å². The maximum absolute atomic E-state index is 12.6. The lowest BCUT2D eigenvalue weighted by Gasteiger charge is -2.07. The molecule has 0 aliphatic rings. The minimum absolute atomic E-state index is 0.0215. The van der Waals surface area contributed by atoms with E-state index in [0.717, 1.165) is 33.3 Å². The van der Waals surface area contributed by atoms with Gasteiger partial charge in [0.2, 0.25) is 5.91 Å². The number of hydrogen-bond acceptors (Lipinski definition) is 9. The van der Waals surface area contributed by atoms with Gasteiger partial charge in [0.05, 0.1) is 40.5 Å². The van der Waals surface area contributed by atoms with Gasteiger partial charge in [-0.2, -0.15) is 4.99 Å². The van der Waals surface area contributed by atoms with Gasteiger partial charge in [-0.1, -0.05) is 23.5 Å². The van der Waals surface area contributed by atoms with Crippen LogP contribution in [0.1, 0.15) is 46.4 Å². The largest absolute Gasteiger partial charge is 0.462 e. The van der Waals surface area contributed by atoms with Crippen LogP contribution in [0.2, 0.25) is 0 Å². The van der Waals surface area contributed by atoms with Gasteiger partial charge in [-0.15, -0.1) is 23.1 Å². The quantitative estimate of drug-likeness (QED) is 0.376. The fourth-order valence-corrected chi connectivity index (χ4v) is 6.20. The lowest BCUT2D eigenvalue weighted by molar-refractivity contribution is -0.115. The Bertz CT molecular complexity index is 1350. The lowest BCUT2D eigenvalue weighted by atomic mass is 10.1. The predicted octanol–water partition coefficient (Wildman–Crippen LogP) is 4.25. The van der Waals surface area contributed by atoms with Gasteiger partial charge in [-0.25, -0.2) is 9.59 Å². The van der Waals surface area contributed by atoms with Crippen molar-refractivity contribution in [3.05, 3.63) is 45.1 Å². The number of para-hydroxylation sites is 1. The minimum Gasteiger partial charge on any atom is -0.462 e. The molecule has 0 radical (unpaired) electrons. The topological polar surface area (TPSA) is 116 Å². The molecule has 36 heavy (non-hydrogen) atoms. The number of hydrogen-bond donors (Lipinski definition) is 1. The average Bonchev–Trinajstić information content (AvgIpc) is 3.35. The van der Waals surface area contributed by atoms with E-state index in [0.29, 0.717) is 16.9 Å². The first kappa shape index (κ1) is 27.6. The normalized spacial score (nSPS) is 11.5. The van der Waals surface area contributed by atoms with Gasteiger partial charge in [0.15, 0.2) is 4.80 Å². The minimum atomic E-state index is -0.633. The van der Waals surface area contributed by atoms with Crippen LogP contribution in [0.25, 0.3) is 10.2 Å². The zero-order chi connectivity index (χ0) is 26.2. The predicted molar refractivity (Wildman–Crippen MR) is 143 cm³/mol. The summed E-state index contributed by atoms with van der Waals surface area (Å²) in [5.41, 5.74) is 1.54. The Morgan fingerprint density at radius 3 is 2.39 bits per heavy atom. The second kappa shape index (κ2) is 12.8. The van der Waals surface area contributed by atoms with Crippen LogP contribution in [0.5, 0.6) is 0 Å². The number of esters is 2. The number of rotatable bonds is 10. The molecule has 3 rings (SSSR count). The van der Waals surface area contributed by atoms with E-state index in [-0.39, 0.29) is 46.1 Å². The summed E-state index contributed by atoms with van der Waals surface area (Å²) in [6.07, 6.45) is 0. The molecule has 1 N–H and O–H groups in total. The fraction of sp³-hybridized carbons (Fsp3) is 0.375. The molecule has 192 valence electrons. The van der Waals surface area contributed by atoms with Crippen molar-refractivity contribution >= 4 is 73.4 Å². The number of aromatic nitrogens is 1. The third kappa shape index (κ3) is 6.42. The molecule has 0 aliphatic carbocycles. The van der Waals surface area contributed by atoms with E-state index in [1.165, 1.54) is 11.3 Å². The molecule has 0 atom stereocenters. The summed E-state index contributed by atoms with van der Waals surface area (Å²) < 4.78 is 13.2. The zero-order valence-electron chi connectivity index (χ0n) is 20.4. The number of aryl methyl sites for hydroxylation is 1. The van der Waals surface area contributed by atoms with Gasteiger partial charge in [-0.05, 0) is 45.4 Å². The van der Waals surface area contributed by atoms with Crippen LogP contribution in [0.3, 0.4) is 0 Å². The lowest BCUT2D eigenvalue weighted by Crippen LogP contribution is -2.18. The highest BCUT2D eigenvalue weighted by molar-refractivity contribution is 8.00. The Hall–Kier alpha value is -2.96. The van der Waals surface area contributed by atoms with Gasteiger partial charge >= 0.3 is 11.9 Å². The van der Waals surface area contributed by atoms with Crippen molar-refractivity contribution in [1.29, 1.82) is 0 Å². The highest BCUT2D eigenvalue weighted by Crippen LogP contribution is 2.34. The summed E-state index contributed by atoms with van der Waals surface area (Å²) in [7, 11) is 0. The van der Waals surface area contributed by atoms with Crippen molar-refractivity contribution in [2.45, 2.75) is 34.2 Å². The van der Waals surface area contributed by atoms with Gasteiger partial charge in [0.1, 0.15) is 9.88 Å². The van der Waals surface area contributed by atoms with Gasteiger partial charge in [-0.3, -0.25) is 9.59 Å². The number of carbonyl (C=O) groups excluding carboxylic acids is 4. The number of thioether (sulfide) groups is 1. The Kier molecular flexibility index (Phi) is 9.85. The monoisotopic (exact) mass is 549 g/mol. The summed E-state index contributed by atoms with van der Waals surface area (Å²) in [5.74, 6) is -1.97. The van der Waals surface area contributed by atoms with E-state index in [2.05, 4.69) is 10.3 Å². The highest BCUT2D eigenvalue weighted by atomic mass is 32.2. The standard InChI is InChI=1S/C24H27N3O6S3/c1-5-27-15-10-8-9-11-16(15)35-24(27)26-18(29)13-34-12-17(28)25-21-19(22(30)32-6-2)14(4)20(36-21)23(31)33-7-3/h8-11H,5-7,12-13H2,1-4H3,(H,25,28). The molecule has 2 aromatic heterocycles. The number of fused-ring (bicyclic) bond motifs is 1. The first-order chi connectivity index (χ1) is 17.3. The number of nitrogens with one attached hydrogen (secondary N) is 1. The van der Waals surface area contributed by atoms with Crippen LogP contribution in [0, 0.1) is 6.92 Å². The highest BCUT2D eigenvalue weighted by Gasteiger charge is 2.27. The molecule has 0 spiro atoms. The molecular formula is C24H27N3O6S3. The van der Waals surface area contributed by atoms with Crippen LogP contribution in [-0.2, 0) is 25.6 Å². The first-order valence-electron chi connectivity index (χ1n) is 11.3. The van der Waals surface area contributed by atoms with Crippen LogP contribution in [-0.4, -0.2) is 53.0 Å².